The lowest BCUT2D eigenvalue weighted by atomic mass is 10.1. The molecule has 0 N–H and O–H groups in total. The average molecular weight is 399 g/mol. The Bertz CT molecular complexity index is 714. The lowest BCUT2D eigenvalue weighted by Gasteiger charge is -2.12. The molecule has 0 aliphatic rings. The van der Waals surface area contributed by atoms with Gasteiger partial charge in [-0.15, -0.1) is 0 Å². The van der Waals surface area contributed by atoms with Gasteiger partial charge in [0, 0.05) is 24.6 Å². The Morgan fingerprint density at radius 3 is 2.24 bits per heavy atom. The second-order valence-corrected chi connectivity index (χ2v) is 7.39. The molecular weight excluding hydrogens is 364 g/mol. The fourth-order valence-electron chi connectivity index (χ4n) is 2.98. The van der Waals surface area contributed by atoms with Gasteiger partial charge in [0.05, 0.1) is 0 Å². The zero-order valence-corrected chi connectivity index (χ0v) is 18.0. The lowest BCUT2D eigenvalue weighted by molar-refractivity contribution is -0.146. The molecule has 0 saturated carbocycles. The molecule has 29 heavy (non-hydrogen) atoms. The number of esters is 1. The molecule has 0 amide bonds. The second-order valence-electron chi connectivity index (χ2n) is 7.39. The van der Waals surface area contributed by atoms with Crippen molar-refractivity contribution in [2.45, 2.75) is 78.2 Å². The smallest absolute Gasteiger partial charge is 0.340 e. The number of hydrogen-bond donors (Lipinski definition) is 0. The van der Waals surface area contributed by atoms with Crippen molar-refractivity contribution in [2.75, 3.05) is 6.61 Å². The van der Waals surface area contributed by atoms with Crippen LogP contribution in [0.4, 0.5) is 0 Å². The van der Waals surface area contributed by atoms with Crippen LogP contribution < -0.4 is 4.74 Å². The van der Waals surface area contributed by atoms with Crippen molar-refractivity contribution >= 4 is 5.97 Å². The number of hydrogen-bond acceptors (Lipinski definition) is 5. The van der Waals surface area contributed by atoms with Crippen molar-refractivity contribution in [1.29, 1.82) is 0 Å². The Hall–Kier alpha value is -2.27. The number of benzene rings is 1. The quantitative estimate of drug-likeness (QED) is 0.244. The second kappa shape index (κ2) is 13.0. The Morgan fingerprint density at radius 1 is 0.931 bits per heavy atom. The normalized spacial score (nSPS) is 12.0. The summed E-state index contributed by atoms with van der Waals surface area (Å²) in [6.07, 6.45) is 12.9. The Kier molecular flexibility index (Phi) is 10.4. The molecule has 5 heteroatoms. The summed E-state index contributed by atoms with van der Waals surface area (Å²) in [4.78, 5) is 21.0. The summed E-state index contributed by atoms with van der Waals surface area (Å²) in [6.45, 7) is 6.48. The number of carbonyl (C=O) groups is 1. The maximum Gasteiger partial charge on any atom is 0.340 e. The van der Waals surface area contributed by atoms with Crippen LogP contribution in [0.5, 0.6) is 5.75 Å². The molecule has 0 radical (unpaired) electrons. The first-order chi connectivity index (χ1) is 14.1. The number of carbonyl (C=O) groups excluding carboxylic acids is 1. The van der Waals surface area contributed by atoms with Gasteiger partial charge in [-0.1, -0.05) is 46.0 Å². The molecule has 0 aliphatic heterocycles. The molecule has 2 rings (SSSR count). The SMILES string of the molecule is CCCCCCCCc1cnc(-c2ccc(OC(=O)C(C)OCCC)cc2)nc1. The minimum atomic E-state index is -0.572. The highest BCUT2D eigenvalue weighted by Crippen LogP contribution is 2.20. The molecule has 0 spiro atoms. The third kappa shape index (κ3) is 8.32. The monoisotopic (exact) mass is 398 g/mol. The largest absolute Gasteiger partial charge is 0.425 e. The molecule has 0 fully saturated rings. The molecule has 0 saturated heterocycles. The highest BCUT2D eigenvalue weighted by molar-refractivity contribution is 5.77. The first-order valence-corrected chi connectivity index (χ1v) is 10.9. The van der Waals surface area contributed by atoms with E-state index in [0.29, 0.717) is 18.2 Å². The maximum atomic E-state index is 12.0. The van der Waals surface area contributed by atoms with Crippen molar-refractivity contribution in [3.05, 3.63) is 42.2 Å². The van der Waals surface area contributed by atoms with Crippen LogP contribution in [-0.4, -0.2) is 28.6 Å². The van der Waals surface area contributed by atoms with E-state index in [9.17, 15) is 4.79 Å². The van der Waals surface area contributed by atoms with Crippen molar-refractivity contribution in [3.63, 3.8) is 0 Å². The van der Waals surface area contributed by atoms with E-state index in [1.165, 1.54) is 44.1 Å². The molecule has 1 aromatic carbocycles. The van der Waals surface area contributed by atoms with Gasteiger partial charge in [-0.25, -0.2) is 14.8 Å². The lowest BCUT2D eigenvalue weighted by Crippen LogP contribution is -2.26. The maximum absolute atomic E-state index is 12.0. The van der Waals surface area contributed by atoms with Gasteiger partial charge in [0.2, 0.25) is 0 Å². The molecule has 2 aromatic rings. The molecule has 5 nitrogen and oxygen atoms in total. The van der Waals surface area contributed by atoms with Crippen LogP contribution in [0.2, 0.25) is 0 Å². The van der Waals surface area contributed by atoms with Crippen LogP contribution in [0.15, 0.2) is 36.7 Å². The van der Waals surface area contributed by atoms with E-state index in [1.807, 2.05) is 31.5 Å². The van der Waals surface area contributed by atoms with E-state index >= 15 is 0 Å². The van der Waals surface area contributed by atoms with Crippen molar-refractivity contribution < 1.29 is 14.3 Å². The van der Waals surface area contributed by atoms with E-state index in [1.54, 1.807) is 19.1 Å². The number of unbranched alkanes of at least 4 members (excludes halogenated alkanes) is 5. The molecule has 1 heterocycles. The zero-order valence-electron chi connectivity index (χ0n) is 18.0. The van der Waals surface area contributed by atoms with E-state index in [0.717, 1.165) is 18.4 Å². The van der Waals surface area contributed by atoms with Gasteiger partial charge in [0.15, 0.2) is 11.9 Å². The predicted octanol–water partition coefficient (Wildman–Crippen LogP) is 5.77. The third-order valence-corrected chi connectivity index (χ3v) is 4.76. The summed E-state index contributed by atoms with van der Waals surface area (Å²) in [5.74, 6) is 0.779. The molecule has 0 bridgehead atoms. The molecular formula is C24H34N2O3. The number of nitrogens with zero attached hydrogens (tertiary/aromatic N) is 2. The third-order valence-electron chi connectivity index (χ3n) is 4.76. The standard InChI is InChI=1S/C24H34N2O3/c1-4-6-7-8-9-10-11-20-17-25-23(26-18-20)21-12-14-22(15-13-21)29-24(27)19(3)28-16-5-2/h12-15,17-19H,4-11,16H2,1-3H3. The Balaban J connectivity index is 1.82. The van der Waals surface area contributed by atoms with Crippen molar-refractivity contribution in [3.8, 4) is 17.1 Å². The molecule has 0 aliphatic carbocycles. The van der Waals surface area contributed by atoms with Gasteiger partial charge >= 0.3 is 5.97 Å². The van der Waals surface area contributed by atoms with Gasteiger partial charge in [-0.05, 0) is 56.0 Å². The van der Waals surface area contributed by atoms with Gasteiger partial charge in [0.1, 0.15) is 5.75 Å². The summed E-state index contributed by atoms with van der Waals surface area (Å²) in [5.41, 5.74) is 2.07. The van der Waals surface area contributed by atoms with Crippen LogP contribution in [-0.2, 0) is 16.0 Å². The van der Waals surface area contributed by atoms with Gasteiger partial charge in [-0.2, -0.15) is 0 Å². The first kappa shape index (κ1) is 23.0. The van der Waals surface area contributed by atoms with Crippen LogP contribution in [0.25, 0.3) is 11.4 Å². The van der Waals surface area contributed by atoms with E-state index < -0.39 is 6.10 Å². The summed E-state index contributed by atoms with van der Waals surface area (Å²) in [5, 5.41) is 0. The van der Waals surface area contributed by atoms with E-state index in [-0.39, 0.29) is 5.97 Å². The summed E-state index contributed by atoms with van der Waals surface area (Å²) >= 11 is 0. The highest BCUT2D eigenvalue weighted by atomic mass is 16.6. The summed E-state index contributed by atoms with van der Waals surface area (Å²) < 4.78 is 10.7. The summed E-state index contributed by atoms with van der Waals surface area (Å²) in [6, 6.07) is 7.24. The Labute approximate surface area is 174 Å². The molecule has 158 valence electrons. The molecule has 1 unspecified atom stereocenters. The van der Waals surface area contributed by atoms with E-state index in [2.05, 4.69) is 16.9 Å². The van der Waals surface area contributed by atoms with Crippen LogP contribution in [0.1, 0.15) is 71.3 Å². The fourth-order valence-corrected chi connectivity index (χ4v) is 2.98. The highest BCUT2D eigenvalue weighted by Gasteiger charge is 2.15. The van der Waals surface area contributed by atoms with Gasteiger partial charge < -0.3 is 9.47 Å². The Morgan fingerprint density at radius 2 is 1.59 bits per heavy atom. The average Bonchev–Trinajstić information content (AvgIpc) is 2.75. The number of aromatic nitrogens is 2. The first-order valence-electron chi connectivity index (χ1n) is 10.9. The van der Waals surface area contributed by atoms with Gasteiger partial charge in [0.25, 0.3) is 0 Å². The van der Waals surface area contributed by atoms with Crippen molar-refractivity contribution in [1.82, 2.24) is 9.97 Å². The van der Waals surface area contributed by atoms with Gasteiger partial charge in [-0.3, -0.25) is 0 Å². The predicted molar refractivity (Wildman–Crippen MR) is 116 cm³/mol. The van der Waals surface area contributed by atoms with Crippen LogP contribution in [0, 0.1) is 0 Å². The van der Waals surface area contributed by atoms with Crippen molar-refractivity contribution in [2.24, 2.45) is 0 Å². The van der Waals surface area contributed by atoms with Crippen LogP contribution >= 0.6 is 0 Å². The minimum Gasteiger partial charge on any atom is -0.425 e. The number of aryl methyl sites for hydroxylation is 1. The molecule has 1 aromatic heterocycles. The summed E-state index contributed by atoms with van der Waals surface area (Å²) in [7, 11) is 0. The number of ether oxygens (including phenoxy) is 2. The van der Waals surface area contributed by atoms with E-state index in [4.69, 9.17) is 9.47 Å². The molecule has 1 atom stereocenters. The fraction of sp³-hybridized carbons (Fsp3) is 0.542. The zero-order chi connectivity index (χ0) is 20.9. The topological polar surface area (TPSA) is 61.3 Å². The van der Waals surface area contributed by atoms with Crippen LogP contribution in [0.3, 0.4) is 0 Å². The number of rotatable bonds is 13. The minimum absolute atomic E-state index is 0.388.